The van der Waals surface area contributed by atoms with E-state index in [4.69, 9.17) is 19.4 Å². The van der Waals surface area contributed by atoms with E-state index in [9.17, 15) is 0 Å². The van der Waals surface area contributed by atoms with Gasteiger partial charge in [0.05, 0.1) is 16.9 Å². The van der Waals surface area contributed by atoms with Crippen LogP contribution < -0.4 is 0 Å². The number of benzene rings is 7. The maximum absolute atomic E-state index is 6.20. The Kier molecular flexibility index (Phi) is 7.43. The molecule has 0 saturated heterocycles. The Morgan fingerprint density at radius 1 is 0.358 bits per heavy atom. The number of hydrogen-bond donors (Lipinski definition) is 0. The Labute approximate surface area is 306 Å². The number of fused-ring (bicyclic) bond motifs is 4. The third-order valence-electron chi connectivity index (χ3n) is 9.93. The van der Waals surface area contributed by atoms with E-state index in [1.807, 2.05) is 48.7 Å². The highest BCUT2D eigenvalue weighted by Gasteiger charge is 2.16. The molecule has 10 aromatic rings. The molecule has 248 valence electrons. The van der Waals surface area contributed by atoms with E-state index in [1.54, 1.807) is 0 Å². The SMILES string of the molecule is c1ccc(-c2ccc(-c3cc(-c4cc(-c5ccc6oc7ccccc7c6c5)cc(-c5cccc6cccnc56)c4)nc(-c4ccccc4)n3)cc2)cc1. The molecule has 0 unspecified atom stereocenters. The minimum atomic E-state index is 0.676. The summed E-state index contributed by atoms with van der Waals surface area (Å²) < 4.78 is 6.20. The molecule has 0 atom stereocenters. The summed E-state index contributed by atoms with van der Waals surface area (Å²) in [6, 6.07) is 63.3. The fourth-order valence-corrected chi connectivity index (χ4v) is 7.26. The normalized spacial score (nSPS) is 11.4. The van der Waals surface area contributed by atoms with Gasteiger partial charge in [-0.3, -0.25) is 4.98 Å². The molecule has 0 aliphatic heterocycles. The zero-order valence-electron chi connectivity index (χ0n) is 28.6. The standard InChI is InChI=1S/C49H31N3O/c1-3-11-32(12-4-1)33-20-22-34(23-21-33)44-31-45(52-49(51-44)36-13-5-2-6-14-36)40-28-38(27-39(29-40)41-18-9-15-35-16-10-26-50-48(35)41)37-24-25-47-43(30-37)42-17-7-8-19-46(42)53-47/h1-31H. The molecule has 4 heteroatoms. The van der Waals surface area contributed by atoms with Crippen LogP contribution in [0.1, 0.15) is 0 Å². The zero-order valence-corrected chi connectivity index (χ0v) is 28.6. The predicted octanol–water partition coefficient (Wildman–Crippen LogP) is 12.9. The summed E-state index contributed by atoms with van der Waals surface area (Å²) in [7, 11) is 0. The summed E-state index contributed by atoms with van der Waals surface area (Å²) in [5.41, 5.74) is 14.0. The van der Waals surface area contributed by atoms with E-state index >= 15 is 0 Å². The molecule has 0 N–H and O–H groups in total. The summed E-state index contributed by atoms with van der Waals surface area (Å²) in [5.74, 6) is 0.676. The molecule has 0 spiro atoms. The van der Waals surface area contributed by atoms with Crippen molar-refractivity contribution in [2.45, 2.75) is 0 Å². The first-order valence-electron chi connectivity index (χ1n) is 17.8. The van der Waals surface area contributed by atoms with Gasteiger partial charge < -0.3 is 4.42 Å². The van der Waals surface area contributed by atoms with Crippen LogP contribution in [-0.4, -0.2) is 15.0 Å². The van der Waals surface area contributed by atoms with Crippen molar-refractivity contribution in [2.75, 3.05) is 0 Å². The molecule has 0 fully saturated rings. The quantitative estimate of drug-likeness (QED) is 0.176. The summed E-state index contributed by atoms with van der Waals surface area (Å²) in [6.45, 7) is 0. The predicted molar refractivity (Wildman–Crippen MR) is 217 cm³/mol. The third kappa shape index (κ3) is 5.73. The second kappa shape index (κ2) is 12.9. The van der Waals surface area contributed by atoms with E-state index < -0.39 is 0 Å². The van der Waals surface area contributed by atoms with Crippen molar-refractivity contribution in [2.24, 2.45) is 0 Å². The van der Waals surface area contributed by atoms with Gasteiger partial charge in [0.2, 0.25) is 0 Å². The molecule has 0 saturated carbocycles. The first kappa shape index (κ1) is 30.6. The van der Waals surface area contributed by atoms with Gasteiger partial charge in [0, 0.05) is 44.6 Å². The molecule has 0 radical (unpaired) electrons. The highest BCUT2D eigenvalue weighted by atomic mass is 16.3. The van der Waals surface area contributed by atoms with Crippen molar-refractivity contribution in [3.8, 4) is 67.3 Å². The van der Waals surface area contributed by atoms with E-state index in [1.165, 1.54) is 5.56 Å². The van der Waals surface area contributed by atoms with Gasteiger partial charge in [-0.2, -0.15) is 0 Å². The largest absolute Gasteiger partial charge is 0.456 e. The van der Waals surface area contributed by atoms with Crippen molar-refractivity contribution in [3.05, 3.63) is 188 Å². The van der Waals surface area contributed by atoms with Crippen LogP contribution in [0.25, 0.3) is 100 Å². The van der Waals surface area contributed by atoms with Crippen LogP contribution in [0.3, 0.4) is 0 Å². The summed E-state index contributed by atoms with van der Waals surface area (Å²) in [5, 5.41) is 3.29. The smallest absolute Gasteiger partial charge is 0.160 e. The Bertz CT molecular complexity index is 2930. The number of furan rings is 1. The monoisotopic (exact) mass is 677 g/mol. The maximum atomic E-state index is 6.20. The average Bonchev–Trinajstić information content (AvgIpc) is 3.62. The number of pyridine rings is 1. The fraction of sp³-hybridized carbons (Fsp3) is 0. The van der Waals surface area contributed by atoms with Crippen molar-refractivity contribution in [3.63, 3.8) is 0 Å². The third-order valence-corrected chi connectivity index (χ3v) is 9.93. The van der Waals surface area contributed by atoms with Gasteiger partial charge in [0.15, 0.2) is 5.82 Å². The lowest BCUT2D eigenvalue weighted by Crippen LogP contribution is -1.97. The number of aromatic nitrogens is 3. The molecule has 3 aromatic heterocycles. The maximum Gasteiger partial charge on any atom is 0.160 e. The van der Waals surface area contributed by atoms with Crippen molar-refractivity contribution < 1.29 is 4.42 Å². The molecule has 0 aliphatic rings. The Balaban J connectivity index is 1.18. The summed E-state index contributed by atoms with van der Waals surface area (Å²) in [6.07, 6.45) is 1.86. The molecule has 0 bridgehead atoms. The van der Waals surface area contributed by atoms with Gasteiger partial charge in [-0.15, -0.1) is 0 Å². The second-order valence-corrected chi connectivity index (χ2v) is 13.3. The van der Waals surface area contributed by atoms with Crippen molar-refractivity contribution >= 4 is 32.8 Å². The molecule has 0 aliphatic carbocycles. The molecule has 3 heterocycles. The van der Waals surface area contributed by atoms with Crippen LogP contribution in [0.2, 0.25) is 0 Å². The van der Waals surface area contributed by atoms with Crippen molar-refractivity contribution in [1.82, 2.24) is 15.0 Å². The molecule has 10 rings (SSSR count). The molecule has 4 nitrogen and oxygen atoms in total. The van der Waals surface area contributed by atoms with Gasteiger partial charge in [-0.05, 0) is 76.3 Å². The average molecular weight is 678 g/mol. The minimum Gasteiger partial charge on any atom is -0.456 e. The summed E-state index contributed by atoms with van der Waals surface area (Å²) in [4.78, 5) is 15.2. The lowest BCUT2D eigenvalue weighted by Gasteiger charge is -2.14. The Morgan fingerprint density at radius 2 is 0.981 bits per heavy atom. The number of nitrogens with zero attached hydrogens (tertiary/aromatic N) is 3. The van der Waals surface area contributed by atoms with Crippen LogP contribution in [-0.2, 0) is 0 Å². The van der Waals surface area contributed by atoms with Gasteiger partial charge in [-0.1, -0.05) is 133 Å². The fourth-order valence-electron chi connectivity index (χ4n) is 7.26. The number of rotatable bonds is 6. The van der Waals surface area contributed by atoms with E-state index in [0.717, 1.165) is 88.7 Å². The van der Waals surface area contributed by atoms with Gasteiger partial charge in [0.25, 0.3) is 0 Å². The lowest BCUT2D eigenvalue weighted by atomic mass is 9.93. The van der Waals surface area contributed by atoms with Crippen LogP contribution >= 0.6 is 0 Å². The Morgan fingerprint density at radius 3 is 1.81 bits per heavy atom. The summed E-state index contributed by atoms with van der Waals surface area (Å²) >= 11 is 0. The highest BCUT2D eigenvalue weighted by Crippen LogP contribution is 2.39. The van der Waals surface area contributed by atoms with Crippen molar-refractivity contribution in [1.29, 1.82) is 0 Å². The van der Waals surface area contributed by atoms with Crippen LogP contribution in [0.5, 0.6) is 0 Å². The lowest BCUT2D eigenvalue weighted by molar-refractivity contribution is 0.669. The first-order chi connectivity index (χ1) is 26.2. The molecule has 7 aromatic carbocycles. The second-order valence-electron chi connectivity index (χ2n) is 13.3. The Hall–Kier alpha value is -7.17. The van der Waals surface area contributed by atoms with Gasteiger partial charge >= 0.3 is 0 Å². The molecular weight excluding hydrogens is 647 g/mol. The van der Waals surface area contributed by atoms with Crippen LogP contribution in [0.15, 0.2) is 193 Å². The molecular formula is C49H31N3O. The van der Waals surface area contributed by atoms with E-state index in [-0.39, 0.29) is 0 Å². The minimum absolute atomic E-state index is 0.676. The van der Waals surface area contributed by atoms with Gasteiger partial charge in [-0.25, -0.2) is 9.97 Å². The topological polar surface area (TPSA) is 51.8 Å². The van der Waals surface area contributed by atoms with E-state index in [0.29, 0.717) is 5.82 Å². The zero-order chi connectivity index (χ0) is 35.1. The first-order valence-corrected chi connectivity index (χ1v) is 17.8. The molecule has 0 amide bonds. The van der Waals surface area contributed by atoms with E-state index in [2.05, 4.69) is 140 Å². The van der Waals surface area contributed by atoms with Gasteiger partial charge in [0.1, 0.15) is 11.2 Å². The number of para-hydroxylation sites is 2. The highest BCUT2D eigenvalue weighted by molar-refractivity contribution is 6.06. The number of hydrogen-bond acceptors (Lipinski definition) is 4. The van der Waals surface area contributed by atoms with Crippen LogP contribution in [0.4, 0.5) is 0 Å². The molecule has 53 heavy (non-hydrogen) atoms. The van der Waals surface area contributed by atoms with Crippen LogP contribution in [0, 0.1) is 0 Å².